The fraction of sp³-hybridized carbons (Fsp3) is 0.200. The predicted octanol–water partition coefficient (Wildman–Crippen LogP) is 5.40. The molecule has 4 heteroatoms. The van der Waals surface area contributed by atoms with Crippen molar-refractivity contribution < 1.29 is 0 Å². The van der Waals surface area contributed by atoms with E-state index in [1.165, 1.54) is 11.1 Å². The number of hydrogen-bond acceptors (Lipinski definition) is 3. The van der Waals surface area contributed by atoms with Gasteiger partial charge in [-0.25, -0.2) is 0 Å². The van der Waals surface area contributed by atoms with Gasteiger partial charge in [0.1, 0.15) is 6.07 Å². The van der Waals surface area contributed by atoms with Gasteiger partial charge in [-0.15, -0.1) is 12.4 Å². The van der Waals surface area contributed by atoms with Crippen molar-refractivity contribution in [1.82, 2.24) is 4.98 Å². The highest BCUT2D eigenvalue weighted by atomic mass is 35.5. The quantitative estimate of drug-likeness (QED) is 0.693. The van der Waals surface area contributed by atoms with Crippen LogP contribution in [0.4, 0.5) is 11.4 Å². The van der Waals surface area contributed by atoms with E-state index < -0.39 is 0 Å². The van der Waals surface area contributed by atoms with E-state index in [9.17, 15) is 5.26 Å². The zero-order valence-corrected chi connectivity index (χ0v) is 14.7. The van der Waals surface area contributed by atoms with E-state index in [-0.39, 0.29) is 12.4 Å². The minimum absolute atomic E-state index is 0. The Morgan fingerprint density at radius 3 is 2.50 bits per heavy atom. The van der Waals surface area contributed by atoms with Gasteiger partial charge in [-0.2, -0.15) is 5.26 Å². The van der Waals surface area contributed by atoms with Gasteiger partial charge >= 0.3 is 0 Å². The van der Waals surface area contributed by atoms with E-state index in [0.717, 1.165) is 35.1 Å². The summed E-state index contributed by atoms with van der Waals surface area (Å²) in [6.07, 6.45) is 3.58. The third-order valence-electron chi connectivity index (χ3n) is 4.07. The molecule has 0 aliphatic heterocycles. The van der Waals surface area contributed by atoms with Crippen LogP contribution in [-0.4, -0.2) is 4.98 Å². The number of nitrogens with one attached hydrogen (secondary N) is 1. The molecule has 2 aromatic carbocycles. The summed E-state index contributed by atoms with van der Waals surface area (Å²) in [7, 11) is 0. The molecule has 1 N–H and O–H groups in total. The Labute approximate surface area is 148 Å². The normalized spacial score (nSPS) is 10.0. The summed E-state index contributed by atoms with van der Waals surface area (Å²) in [5.41, 5.74) is 5.79. The lowest BCUT2D eigenvalue weighted by molar-refractivity contribution is 1.14. The van der Waals surface area contributed by atoms with Gasteiger partial charge in [-0.1, -0.05) is 32.0 Å². The van der Waals surface area contributed by atoms with Crippen LogP contribution < -0.4 is 5.32 Å². The van der Waals surface area contributed by atoms with E-state index in [1.54, 1.807) is 6.20 Å². The maximum Gasteiger partial charge on any atom is 0.103 e. The molecule has 0 aliphatic carbocycles. The van der Waals surface area contributed by atoms with Crippen LogP contribution in [-0.2, 0) is 12.8 Å². The fourth-order valence-corrected chi connectivity index (χ4v) is 2.69. The highest BCUT2D eigenvalue weighted by Crippen LogP contribution is 2.30. The number of rotatable bonds is 4. The molecule has 0 saturated carbocycles. The maximum atomic E-state index is 9.45. The first-order valence-corrected chi connectivity index (χ1v) is 7.92. The van der Waals surface area contributed by atoms with Crippen molar-refractivity contribution in [3.8, 4) is 6.07 Å². The predicted molar refractivity (Wildman–Crippen MR) is 102 cm³/mol. The SMILES string of the molecule is CCc1cccc(Nc2c(C#N)cnc3ccc(CC)cc23)c1.Cl. The maximum absolute atomic E-state index is 9.45. The number of aromatic nitrogens is 1. The molecular weight excluding hydrogens is 318 g/mol. The average Bonchev–Trinajstić information content (AvgIpc) is 2.61. The fourth-order valence-electron chi connectivity index (χ4n) is 2.69. The van der Waals surface area contributed by atoms with E-state index in [4.69, 9.17) is 0 Å². The number of fused-ring (bicyclic) bond motifs is 1. The van der Waals surface area contributed by atoms with Crippen LogP contribution in [0.2, 0.25) is 0 Å². The number of hydrogen-bond donors (Lipinski definition) is 1. The smallest absolute Gasteiger partial charge is 0.103 e. The molecule has 0 atom stereocenters. The second-order valence-corrected chi connectivity index (χ2v) is 5.54. The van der Waals surface area contributed by atoms with Gasteiger partial charge in [0.15, 0.2) is 0 Å². The number of anilines is 2. The summed E-state index contributed by atoms with van der Waals surface area (Å²) in [4.78, 5) is 4.40. The first-order chi connectivity index (χ1) is 11.2. The van der Waals surface area contributed by atoms with Crippen LogP contribution in [0.1, 0.15) is 30.5 Å². The van der Waals surface area contributed by atoms with Gasteiger partial charge in [-0.05, 0) is 48.2 Å². The minimum Gasteiger partial charge on any atom is -0.354 e. The first kappa shape index (κ1) is 17.8. The van der Waals surface area contributed by atoms with Crippen LogP contribution in [0.5, 0.6) is 0 Å². The number of halogens is 1. The molecule has 24 heavy (non-hydrogen) atoms. The third-order valence-corrected chi connectivity index (χ3v) is 4.07. The van der Waals surface area contributed by atoms with Crippen LogP contribution in [0.15, 0.2) is 48.7 Å². The molecule has 1 aromatic heterocycles. The number of benzene rings is 2. The Morgan fingerprint density at radius 2 is 1.79 bits per heavy atom. The molecule has 0 radical (unpaired) electrons. The van der Waals surface area contributed by atoms with E-state index in [2.05, 4.69) is 54.5 Å². The molecule has 3 rings (SSSR count). The first-order valence-electron chi connectivity index (χ1n) is 7.92. The molecule has 0 fully saturated rings. The largest absolute Gasteiger partial charge is 0.354 e. The van der Waals surface area contributed by atoms with Crippen molar-refractivity contribution >= 4 is 34.7 Å². The molecule has 0 amide bonds. The zero-order chi connectivity index (χ0) is 16.2. The average molecular weight is 338 g/mol. The number of pyridine rings is 1. The van der Waals surface area contributed by atoms with Crippen molar-refractivity contribution in [2.75, 3.05) is 5.32 Å². The van der Waals surface area contributed by atoms with Gasteiger partial charge in [0, 0.05) is 17.3 Å². The summed E-state index contributed by atoms with van der Waals surface area (Å²) >= 11 is 0. The van der Waals surface area contributed by atoms with Crippen LogP contribution >= 0.6 is 12.4 Å². The number of nitrogens with zero attached hydrogens (tertiary/aromatic N) is 2. The highest BCUT2D eigenvalue weighted by Gasteiger charge is 2.10. The molecule has 0 saturated heterocycles. The Bertz CT molecular complexity index is 897. The second kappa shape index (κ2) is 7.81. The third kappa shape index (κ3) is 3.50. The molecule has 3 aromatic rings. The number of nitriles is 1. The van der Waals surface area contributed by atoms with Gasteiger partial charge in [-0.3, -0.25) is 4.98 Å². The summed E-state index contributed by atoms with van der Waals surface area (Å²) in [6, 6.07) is 16.8. The lowest BCUT2D eigenvalue weighted by atomic mass is 10.0. The van der Waals surface area contributed by atoms with Gasteiger partial charge < -0.3 is 5.32 Å². The monoisotopic (exact) mass is 337 g/mol. The summed E-state index contributed by atoms with van der Waals surface area (Å²) in [6.45, 7) is 4.26. The summed E-state index contributed by atoms with van der Waals surface area (Å²) < 4.78 is 0. The number of aryl methyl sites for hydroxylation is 2. The Kier molecular flexibility index (Phi) is 5.78. The minimum atomic E-state index is 0. The van der Waals surface area contributed by atoms with Crippen molar-refractivity contribution in [1.29, 1.82) is 5.26 Å². The van der Waals surface area contributed by atoms with Gasteiger partial charge in [0.25, 0.3) is 0 Å². The Hall–Kier alpha value is -2.57. The molecule has 0 aliphatic rings. The van der Waals surface area contributed by atoms with Crippen molar-refractivity contribution in [2.24, 2.45) is 0 Å². The highest BCUT2D eigenvalue weighted by molar-refractivity contribution is 5.96. The van der Waals surface area contributed by atoms with Crippen LogP contribution in [0, 0.1) is 11.3 Å². The van der Waals surface area contributed by atoms with Crippen molar-refractivity contribution in [3.63, 3.8) is 0 Å². The second-order valence-electron chi connectivity index (χ2n) is 5.54. The van der Waals surface area contributed by atoms with Gasteiger partial charge in [0.2, 0.25) is 0 Å². The molecular formula is C20H20ClN3. The molecule has 0 spiro atoms. The van der Waals surface area contributed by atoms with Crippen LogP contribution in [0.3, 0.4) is 0 Å². The Balaban J connectivity index is 0.00000208. The van der Waals surface area contributed by atoms with E-state index in [1.807, 2.05) is 18.2 Å². The van der Waals surface area contributed by atoms with E-state index in [0.29, 0.717) is 5.56 Å². The van der Waals surface area contributed by atoms with Crippen molar-refractivity contribution in [2.45, 2.75) is 26.7 Å². The molecule has 1 heterocycles. The lowest BCUT2D eigenvalue weighted by Crippen LogP contribution is -1.98. The summed E-state index contributed by atoms with van der Waals surface area (Å²) in [5.74, 6) is 0. The topological polar surface area (TPSA) is 48.7 Å². The molecule has 3 nitrogen and oxygen atoms in total. The van der Waals surface area contributed by atoms with Crippen molar-refractivity contribution in [3.05, 3.63) is 65.4 Å². The molecule has 122 valence electrons. The summed E-state index contributed by atoms with van der Waals surface area (Å²) in [5, 5.41) is 13.9. The lowest BCUT2D eigenvalue weighted by Gasteiger charge is -2.13. The standard InChI is InChI=1S/C20H19N3.ClH/c1-3-14-6-5-7-17(10-14)23-20-16(12-21)13-22-19-9-8-15(4-2)11-18(19)20;/h5-11,13H,3-4H2,1-2H3,(H,22,23);1H. The molecule has 0 bridgehead atoms. The van der Waals surface area contributed by atoms with E-state index >= 15 is 0 Å². The zero-order valence-electron chi connectivity index (χ0n) is 13.8. The molecule has 0 unspecified atom stereocenters. The van der Waals surface area contributed by atoms with Crippen LogP contribution in [0.25, 0.3) is 10.9 Å². The Morgan fingerprint density at radius 1 is 1.04 bits per heavy atom. The van der Waals surface area contributed by atoms with Gasteiger partial charge in [0.05, 0.1) is 16.8 Å².